The predicted molar refractivity (Wildman–Crippen MR) is 73.6 cm³/mol. The summed E-state index contributed by atoms with van der Waals surface area (Å²) in [5.74, 6) is 0.0725. The predicted octanol–water partition coefficient (Wildman–Crippen LogP) is 3.27. The number of aliphatic hydroxyl groups excluding tert-OH is 1. The number of hydrogen-bond donors (Lipinski definition) is 1. The van der Waals surface area contributed by atoms with E-state index in [2.05, 4.69) is 20.9 Å². The first-order valence-electron chi connectivity index (χ1n) is 5.72. The Labute approximate surface area is 119 Å². The molecule has 3 nitrogen and oxygen atoms in total. The molecule has 5 heteroatoms. The minimum Gasteiger partial charge on any atom is -0.481 e. The molecule has 0 aliphatic rings. The van der Waals surface area contributed by atoms with Gasteiger partial charge in [0.15, 0.2) is 0 Å². The van der Waals surface area contributed by atoms with Crippen molar-refractivity contribution in [1.82, 2.24) is 4.98 Å². The van der Waals surface area contributed by atoms with E-state index >= 15 is 0 Å². The number of ether oxygens (including phenoxy) is 1. The van der Waals surface area contributed by atoms with Crippen LogP contribution in [-0.4, -0.2) is 17.2 Å². The zero-order valence-electron chi connectivity index (χ0n) is 10.3. The molecule has 0 saturated carbocycles. The molecular weight excluding hydrogens is 313 g/mol. The second kappa shape index (κ2) is 6.12. The highest BCUT2D eigenvalue weighted by Crippen LogP contribution is 2.26. The van der Waals surface area contributed by atoms with Gasteiger partial charge in [-0.15, -0.1) is 0 Å². The van der Waals surface area contributed by atoms with Crippen LogP contribution in [0, 0.1) is 5.82 Å². The van der Waals surface area contributed by atoms with Gasteiger partial charge in [-0.25, -0.2) is 9.37 Å². The first kappa shape index (κ1) is 14.0. The molecule has 19 heavy (non-hydrogen) atoms. The number of hydrogen-bond acceptors (Lipinski definition) is 3. The van der Waals surface area contributed by atoms with Crippen LogP contribution in [0.3, 0.4) is 0 Å². The quantitative estimate of drug-likeness (QED) is 0.938. The van der Waals surface area contributed by atoms with Crippen molar-refractivity contribution in [2.75, 3.05) is 7.11 Å². The Bertz CT molecular complexity index is 560. The van der Waals surface area contributed by atoms with Gasteiger partial charge in [0, 0.05) is 24.2 Å². The Hall–Kier alpha value is -1.46. The van der Waals surface area contributed by atoms with Crippen molar-refractivity contribution in [2.24, 2.45) is 0 Å². The minimum absolute atomic E-state index is 0.269. The van der Waals surface area contributed by atoms with E-state index in [1.165, 1.54) is 7.11 Å². The molecule has 0 aliphatic heterocycles. The number of pyridine rings is 1. The average Bonchev–Trinajstić information content (AvgIpc) is 2.42. The Morgan fingerprint density at radius 3 is 2.79 bits per heavy atom. The molecule has 0 amide bonds. The number of benzene rings is 1. The normalized spacial score (nSPS) is 12.2. The highest BCUT2D eigenvalue weighted by atomic mass is 79.9. The van der Waals surface area contributed by atoms with E-state index < -0.39 is 11.9 Å². The fourth-order valence-corrected chi connectivity index (χ4v) is 2.14. The number of aliphatic hydroxyl groups is 1. The number of nitrogens with zero attached hydrogens (tertiary/aromatic N) is 1. The van der Waals surface area contributed by atoms with Crippen molar-refractivity contribution >= 4 is 15.9 Å². The molecule has 0 spiro atoms. The molecule has 2 rings (SSSR count). The largest absolute Gasteiger partial charge is 0.481 e. The zero-order valence-corrected chi connectivity index (χ0v) is 11.9. The van der Waals surface area contributed by atoms with Crippen molar-refractivity contribution in [3.05, 3.63) is 57.9 Å². The topological polar surface area (TPSA) is 42.4 Å². The summed E-state index contributed by atoms with van der Waals surface area (Å²) in [5, 5.41) is 10.1. The van der Waals surface area contributed by atoms with Gasteiger partial charge < -0.3 is 9.84 Å². The lowest BCUT2D eigenvalue weighted by molar-refractivity contribution is 0.173. The van der Waals surface area contributed by atoms with E-state index in [9.17, 15) is 9.50 Å². The molecule has 0 aliphatic carbocycles. The van der Waals surface area contributed by atoms with E-state index in [0.717, 1.165) is 5.56 Å². The molecule has 2 aromatic rings. The summed E-state index contributed by atoms with van der Waals surface area (Å²) in [7, 11) is 1.54. The molecule has 1 atom stereocenters. The maximum Gasteiger partial charge on any atom is 0.212 e. The summed E-state index contributed by atoms with van der Waals surface area (Å²) in [6.45, 7) is 0. The van der Waals surface area contributed by atoms with Crippen LogP contribution in [0.1, 0.15) is 17.2 Å². The Morgan fingerprint density at radius 1 is 1.37 bits per heavy atom. The van der Waals surface area contributed by atoms with Crippen molar-refractivity contribution in [3.8, 4) is 5.88 Å². The summed E-state index contributed by atoms with van der Waals surface area (Å²) in [6, 6.07) is 8.37. The SMILES string of the molecule is COc1ccc(CC(O)c2cccc(Br)c2F)cn1. The van der Waals surface area contributed by atoms with E-state index in [1.807, 2.05) is 0 Å². The van der Waals surface area contributed by atoms with E-state index in [1.54, 1.807) is 36.5 Å². The maximum absolute atomic E-state index is 13.8. The van der Waals surface area contributed by atoms with Crippen LogP contribution in [0.4, 0.5) is 4.39 Å². The average molecular weight is 326 g/mol. The summed E-state index contributed by atoms with van der Waals surface area (Å²) >= 11 is 3.10. The van der Waals surface area contributed by atoms with Crippen molar-refractivity contribution in [3.63, 3.8) is 0 Å². The van der Waals surface area contributed by atoms with Crippen LogP contribution < -0.4 is 4.74 Å². The standard InChI is InChI=1S/C14H13BrFNO2/c1-19-13-6-5-9(8-17-13)7-12(18)10-3-2-4-11(15)14(10)16/h2-6,8,12,18H,7H2,1H3. The van der Waals surface area contributed by atoms with Crippen LogP contribution in [0.15, 0.2) is 41.0 Å². The van der Waals surface area contributed by atoms with Crippen molar-refractivity contribution < 1.29 is 14.2 Å². The maximum atomic E-state index is 13.8. The molecule has 0 bridgehead atoms. The third-order valence-electron chi connectivity index (χ3n) is 2.78. The highest BCUT2D eigenvalue weighted by molar-refractivity contribution is 9.10. The van der Waals surface area contributed by atoms with Crippen LogP contribution in [-0.2, 0) is 6.42 Å². The van der Waals surface area contributed by atoms with Gasteiger partial charge >= 0.3 is 0 Å². The highest BCUT2D eigenvalue weighted by Gasteiger charge is 2.15. The number of aromatic nitrogens is 1. The van der Waals surface area contributed by atoms with Gasteiger partial charge in [0.25, 0.3) is 0 Å². The lowest BCUT2D eigenvalue weighted by Gasteiger charge is -2.12. The van der Waals surface area contributed by atoms with Crippen molar-refractivity contribution in [1.29, 1.82) is 0 Å². The second-order valence-corrected chi connectivity index (χ2v) is 4.93. The smallest absolute Gasteiger partial charge is 0.212 e. The molecule has 100 valence electrons. The molecule has 1 heterocycles. The van der Waals surface area contributed by atoms with E-state index in [4.69, 9.17) is 4.74 Å². The van der Waals surface area contributed by atoms with Crippen LogP contribution in [0.2, 0.25) is 0 Å². The summed E-state index contributed by atoms with van der Waals surface area (Å²) in [4.78, 5) is 4.05. The van der Waals surface area contributed by atoms with E-state index in [0.29, 0.717) is 16.8 Å². The van der Waals surface area contributed by atoms with Gasteiger partial charge in [-0.1, -0.05) is 18.2 Å². The van der Waals surface area contributed by atoms with Gasteiger partial charge in [0.1, 0.15) is 5.82 Å². The lowest BCUT2D eigenvalue weighted by atomic mass is 10.0. The molecule has 1 aromatic carbocycles. The summed E-state index contributed by atoms with van der Waals surface area (Å²) < 4.78 is 19.1. The van der Waals surface area contributed by atoms with E-state index in [-0.39, 0.29) is 5.56 Å². The summed E-state index contributed by atoms with van der Waals surface area (Å²) in [5.41, 5.74) is 1.08. The third-order valence-corrected chi connectivity index (χ3v) is 3.39. The molecule has 0 fully saturated rings. The number of methoxy groups -OCH3 is 1. The van der Waals surface area contributed by atoms with Gasteiger partial charge in [-0.05, 0) is 27.6 Å². The van der Waals surface area contributed by atoms with Gasteiger partial charge in [-0.3, -0.25) is 0 Å². The first-order chi connectivity index (χ1) is 9.11. The van der Waals surface area contributed by atoms with Gasteiger partial charge in [-0.2, -0.15) is 0 Å². The monoisotopic (exact) mass is 325 g/mol. The molecule has 1 unspecified atom stereocenters. The Morgan fingerprint density at radius 2 is 2.16 bits per heavy atom. The van der Waals surface area contributed by atoms with Gasteiger partial charge in [0.05, 0.1) is 17.7 Å². The fourth-order valence-electron chi connectivity index (χ4n) is 1.76. The van der Waals surface area contributed by atoms with Crippen LogP contribution >= 0.6 is 15.9 Å². The second-order valence-electron chi connectivity index (χ2n) is 4.07. The number of rotatable bonds is 4. The fraction of sp³-hybridized carbons (Fsp3) is 0.214. The first-order valence-corrected chi connectivity index (χ1v) is 6.52. The minimum atomic E-state index is -0.910. The molecule has 0 saturated heterocycles. The lowest BCUT2D eigenvalue weighted by Crippen LogP contribution is -2.05. The van der Waals surface area contributed by atoms with Gasteiger partial charge in [0.2, 0.25) is 5.88 Å². The molecule has 1 N–H and O–H groups in total. The molecular formula is C14H13BrFNO2. The van der Waals surface area contributed by atoms with Crippen LogP contribution in [0.25, 0.3) is 0 Å². The summed E-state index contributed by atoms with van der Waals surface area (Å²) in [6.07, 6.45) is 0.996. The van der Waals surface area contributed by atoms with Crippen molar-refractivity contribution in [2.45, 2.75) is 12.5 Å². The zero-order chi connectivity index (χ0) is 13.8. The molecule has 1 aromatic heterocycles. The third kappa shape index (κ3) is 3.30. The molecule has 0 radical (unpaired) electrons. The Kier molecular flexibility index (Phi) is 4.50. The Balaban J connectivity index is 2.15. The number of halogens is 2. The van der Waals surface area contributed by atoms with Crippen LogP contribution in [0.5, 0.6) is 5.88 Å².